The Morgan fingerprint density at radius 1 is 1.41 bits per heavy atom. The van der Waals surface area contributed by atoms with Gasteiger partial charge in [-0.2, -0.15) is 0 Å². The lowest BCUT2D eigenvalue weighted by atomic mass is 10.1. The molecule has 0 aromatic heterocycles. The van der Waals surface area contributed by atoms with E-state index in [1.807, 2.05) is 0 Å². The summed E-state index contributed by atoms with van der Waals surface area (Å²) in [7, 11) is 2.22. The minimum atomic E-state index is -0.890. The summed E-state index contributed by atoms with van der Waals surface area (Å²) in [4.78, 5) is 15.5. The van der Waals surface area contributed by atoms with E-state index >= 15 is 0 Å². The van der Waals surface area contributed by atoms with Crippen LogP contribution in [-0.2, 0) is 4.79 Å². The first-order valence-electron chi connectivity index (χ1n) is 6.50. The lowest BCUT2D eigenvalue weighted by Gasteiger charge is -2.26. The van der Waals surface area contributed by atoms with Crippen LogP contribution in [0.25, 0.3) is 0 Å². The number of likely N-dealkylation sites (tertiary alicyclic amines) is 1. The topological polar surface area (TPSA) is 69.8 Å². The third-order valence-electron chi connectivity index (χ3n) is 4.31. The second-order valence-corrected chi connectivity index (χ2v) is 5.37. The molecule has 3 N–H and O–H groups in total. The molecule has 2 heterocycles. The van der Waals surface area contributed by atoms with Crippen LogP contribution in [0.4, 0.5) is 0 Å². The Balaban J connectivity index is 1.81. The number of aliphatic carboxylic acids is 1. The van der Waals surface area contributed by atoms with Gasteiger partial charge in [-0.15, -0.1) is 0 Å². The summed E-state index contributed by atoms with van der Waals surface area (Å²) in [5, 5.41) is 8.76. The van der Waals surface area contributed by atoms with E-state index in [1.165, 1.54) is 19.3 Å². The van der Waals surface area contributed by atoms with Crippen molar-refractivity contribution in [1.82, 2.24) is 9.80 Å². The van der Waals surface area contributed by atoms with Gasteiger partial charge in [0.25, 0.3) is 0 Å². The Morgan fingerprint density at radius 2 is 2.12 bits per heavy atom. The summed E-state index contributed by atoms with van der Waals surface area (Å²) >= 11 is 0. The first kappa shape index (κ1) is 12.8. The van der Waals surface area contributed by atoms with Gasteiger partial charge in [0.05, 0.1) is 0 Å². The van der Waals surface area contributed by atoms with Gasteiger partial charge in [-0.1, -0.05) is 0 Å². The van der Waals surface area contributed by atoms with E-state index in [1.54, 1.807) is 0 Å². The minimum Gasteiger partial charge on any atom is -0.480 e. The maximum atomic E-state index is 10.7. The van der Waals surface area contributed by atoms with Gasteiger partial charge in [-0.25, -0.2) is 0 Å². The average Bonchev–Trinajstić information content (AvgIpc) is 2.51. The number of nitrogens with zero attached hydrogens (tertiary/aromatic N) is 2. The zero-order valence-electron chi connectivity index (χ0n) is 10.5. The third kappa shape index (κ3) is 2.97. The molecule has 2 rings (SSSR count). The van der Waals surface area contributed by atoms with Gasteiger partial charge in [0.1, 0.15) is 6.04 Å². The second kappa shape index (κ2) is 5.33. The smallest absolute Gasteiger partial charge is 0.320 e. The van der Waals surface area contributed by atoms with Crippen molar-refractivity contribution >= 4 is 5.97 Å². The molecule has 0 aromatic carbocycles. The average molecular weight is 241 g/mol. The predicted molar refractivity (Wildman–Crippen MR) is 65.9 cm³/mol. The third-order valence-corrected chi connectivity index (χ3v) is 4.31. The van der Waals surface area contributed by atoms with E-state index in [9.17, 15) is 4.79 Å². The van der Waals surface area contributed by atoms with Crippen LogP contribution in [0, 0.1) is 0 Å². The van der Waals surface area contributed by atoms with Gasteiger partial charge in [0.15, 0.2) is 0 Å². The molecule has 2 aliphatic rings. The fourth-order valence-corrected chi connectivity index (χ4v) is 3.03. The van der Waals surface area contributed by atoms with E-state index in [0.29, 0.717) is 12.5 Å². The van der Waals surface area contributed by atoms with Crippen molar-refractivity contribution in [2.75, 3.05) is 26.7 Å². The largest absolute Gasteiger partial charge is 0.480 e. The summed E-state index contributed by atoms with van der Waals surface area (Å²) in [6, 6.07) is 0.676. The maximum Gasteiger partial charge on any atom is 0.320 e. The van der Waals surface area contributed by atoms with Gasteiger partial charge >= 0.3 is 5.97 Å². The highest BCUT2D eigenvalue weighted by Crippen LogP contribution is 2.28. The number of carbonyl (C=O) groups is 1. The van der Waals surface area contributed by atoms with E-state index in [2.05, 4.69) is 16.8 Å². The summed E-state index contributed by atoms with van der Waals surface area (Å²) in [6.45, 7) is 2.96. The van der Waals surface area contributed by atoms with E-state index in [0.717, 1.165) is 25.7 Å². The predicted octanol–water partition coefficient (Wildman–Crippen LogP) is -0.0431. The van der Waals surface area contributed by atoms with Gasteiger partial charge in [0, 0.05) is 25.2 Å². The highest BCUT2D eigenvalue weighted by molar-refractivity contribution is 5.72. The molecule has 0 amide bonds. The van der Waals surface area contributed by atoms with Crippen LogP contribution in [-0.4, -0.2) is 65.7 Å². The number of rotatable bonds is 4. The molecule has 5 heteroatoms. The Bertz CT molecular complexity index is 285. The van der Waals surface area contributed by atoms with Crippen molar-refractivity contribution in [1.29, 1.82) is 0 Å². The van der Waals surface area contributed by atoms with Gasteiger partial charge < -0.3 is 15.7 Å². The molecule has 0 aromatic rings. The van der Waals surface area contributed by atoms with Crippen molar-refractivity contribution in [3.05, 3.63) is 0 Å². The maximum absolute atomic E-state index is 10.7. The number of fused-ring (bicyclic) bond motifs is 2. The molecule has 3 atom stereocenters. The van der Waals surface area contributed by atoms with Crippen LogP contribution in [0.2, 0.25) is 0 Å². The Morgan fingerprint density at radius 3 is 2.82 bits per heavy atom. The van der Waals surface area contributed by atoms with Gasteiger partial charge in [0.2, 0.25) is 0 Å². The van der Waals surface area contributed by atoms with E-state index in [-0.39, 0.29) is 0 Å². The summed E-state index contributed by atoms with van der Waals surface area (Å²) in [5.41, 5.74) is 5.54. The first-order valence-corrected chi connectivity index (χ1v) is 6.50. The van der Waals surface area contributed by atoms with Gasteiger partial charge in [-0.05, 0) is 39.3 Å². The second-order valence-electron chi connectivity index (χ2n) is 5.37. The molecule has 2 bridgehead atoms. The molecular weight excluding hydrogens is 218 g/mol. The van der Waals surface area contributed by atoms with Crippen LogP contribution in [0.1, 0.15) is 25.7 Å². The quantitative estimate of drug-likeness (QED) is 0.722. The zero-order chi connectivity index (χ0) is 12.4. The Labute approximate surface area is 103 Å². The van der Waals surface area contributed by atoms with Crippen molar-refractivity contribution < 1.29 is 9.90 Å². The molecule has 17 heavy (non-hydrogen) atoms. The van der Waals surface area contributed by atoms with Crippen LogP contribution >= 0.6 is 0 Å². The standard InChI is InChI=1S/C12H23N3O2/c1-14-9-2-3-10(14)8-15(6-4-9)7-5-11(13)12(16)17/h9-11H,2-8,13H2,1H3,(H,16,17). The molecule has 2 fully saturated rings. The molecule has 2 saturated heterocycles. The highest BCUT2D eigenvalue weighted by Gasteiger charge is 2.34. The highest BCUT2D eigenvalue weighted by atomic mass is 16.4. The van der Waals surface area contributed by atoms with Crippen LogP contribution in [0.3, 0.4) is 0 Å². The molecule has 0 saturated carbocycles. The number of hydrogen-bond donors (Lipinski definition) is 2. The number of carboxylic acids is 1. The van der Waals surface area contributed by atoms with E-state index in [4.69, 9.17) is 10.8 Å². The SMILES string of the molecule is CN1C2CCC1CN(CCC(N)C(=O)O)CC2. The van der Waals surface area contributed by atoms with Crippen LogP contribution in [0.5, 0.6) is 0 Å². The number of carboxylic acid groups (broad SMARTS) is 1. The van der Waals surface area contributed by atoms with Crippen LogP contribution < -0.4 is 5.73 Å². The summed E-state index contributed by atoms with van der Waals surface area (Å²) < 4.78 is 0. The molecular formula is C12H23N3O2. The molecule has 3 unspecified atom stereocenters. The molecule has 98 valence electrons. The summed E-state index contributed by atoms with van der Waals surface area (Å²) in [5.74, 6) is -0.890. The first-order chi connectivity index (χ1) is 8.08. The lowest BCUT2D eigenvalue weighted by Crippen LogP contribution is -2.40. The summed E-state index contributed by atoms with van der Waals surface area (Å²) in [6.07, 6.45) is 4.36. The van der Waals surface area contributed by atoms with Crippen molar-refractivity contribution in [3.8, 4) is 0 Å². The molecule has 0 radical (unpaired) electrons. The number of hydrogen-bond acceptors (Lipinski definition) is 4. The normalized spacial score (nSPS) is 32.4. The van der Waals surface area contributed by atoms with Crippen LogP contribution in [0.15, 0.2) is 0 Å². The van der Waals surface area contributed by atoms with Crippen molar-refractivity contribution in [2.24, 2.45) is 5.73 Å². The van der Waals surface area contributed by atoms with Crippen molar-refractivity contribution in [2.45, 2.75) is 43.8 Å². The fourth-order valence-electron chi connectivity index (χ4n) is 3.03. The van der Waals surface area contributed by atoms with Gasteiger partial charge in [-0.3, -0.25) is 9.69 Å². The number of nitrogens with two attached hydrogens (primary N) is 1. The monoisotopic (exact) mass is 241 g/mol. The zero-order valence-corrected chi connectivity index (χ0v) is 10.5. The molecule has 2 aliphatic heterocycles. The van der Waals surface area contributed by atoms with E-state index < -0.39 is 12.0 Å². The fraction of sp³-hybridized carbons (Fsp3) is 0.917. The molecule has 0 spiro atoms. The Kier molecular flexibility index (Phi) is 4.01. The Hall–Kier alpha value is -0.650. The molecule has 5 nitrogen and oxygen atoms in total. The molecule has 0 aliphatic carbocycles. The lowest BCUT2D eigenvalue weighted by molar-refractivity contribution is -0.138. The van der Waals surface area contributed by atoms with Crippen molar-refractivity contribution in [3.63, 3.8) is 0 Å². The number of likely N-dealkylation sites (N-methyl/N-ethyl adjacent to an activating group) is 1. The minimum absolute atomic E-state index is 0.552.